The largest absolute Gasteiger partial charge is 0.352 e. The van der Waals surface area contributed by atoms with Crippen LogP contribution in [0.2, 0.25) is 0 Å². The fourth-order valence-electron chi connectivity index (χ4n) is 4.21. The predicted molar refractivity (Wildman–Crippen MR) is 130 cm³/mol. The van der Waals surface area contributed by atoms with E-state index in [1.165, 1.54) is 17.7 Å². The van der Waals surface area contributed by atoms with Crippen molar-refractivity contribution < 1.29 is 4.39 Å². The van der Waals surface area contributed by atoms with Crippen LogP contribution in [0.15, 0.2) is 53.5 Å². The molecule has 2 aliphatic rings. The summed E-state index contributed by atoms with van der Waals surface area (Å²) in [6.45, 7) is 7.02. The number of benzene rings is 2. The van der Waals surface area contributed by atoms with Gasteiger partial charge in [0.15, 0.2) is 5.84 Å². The smallest absolute Gasteiger partial charge is 0.158 e. The van der Waals surface area contributed by atoms with E-state index in [2.05, 4.69) is 41.5 Å². The summed E-state index contributed by atoms with van der Waals surface area (Å²) in [6, 6.07) is 15.4. The van der Waals surface area contributed by atoms with Crippen LogP contribution < -0.4 is 10.6 Å². The fraction of sp³-hybridized carbons (Fsp3) is 0.360. The van der Waals surface area contributed by atoms with E-state index in [1.54, 1.807) is 11.3 Å². The topological polar surface area (TPSA) is 52.6 Å². The first kappa shape index (κ1) is 21.1. The molecule has 166 valence electrons. The van der Waals surface area contributed by atoms with Crippen molar-refractivity contribution in [2.75, 3.05) is 25.0 Å². The Kier molecular flexibility index (Phi) is 5.93. The Morgan fingerprint density at radius 3 is 2.78 bits per heavy atom. The quantitative estimate of drug-likeness (QED) is 0.556. The number of amidine groups is 1. The summed E-state index contributed by atoms with van der Waals surface area (Å²) in [4.78, 5) is 12.5. The lowest BCUT2D eigenvalue weighted by Crippen LogP contribution is -2.53. The van der Waals surface area contributed by atoms with E-state index in [0.29, 0.717) is 12.0 Å². The predicted octanol–water partition coefficient (Wildman–Crippen LogP) is 5.45. The lowest BCUT2D eigenvalue weighted by molar-refractivity contribution is 0.282. The van der Waals surface area contributed by atoms with Crippen molar-refractivity contribution in [3.8, 4) is 0 Å². The minimum atomic E-state index is -0.184. The number of thiazole rings is 1. The van der Waals surface area contributed by atoms with E-state index in [9.17, 15) is 4.39 Å². The Morgan fingerprint density at radius 2 is 1.97 bits per heavy atom. The molecular formula is C25H28FN5S. The number of nitrogens with one attached hydrogen (secondary N) is 2. The zero-order valence-corrected chi connectivity index (χ0v) is 19.3. The summed E-state index contributed by atoms with van der Waals surface area (Å²) in [5.41, 5.74) is 4.08. The van der Waals surface area contributed by atoms with Crippen molar-refractivity contribution in [3.63, 3.8) is 0 Å². The Hall–Kier alpha value is -2.77. The van der Waals surface area contributed by atoms with E-state index >= 15 is 0 Å². The minimum Gasteiger partial charge on any atom is -0.352 e. The van der Waals surface area contributed by atoms with Gasteiger partial charge in [-0.05, 0) is 42.7 Å². The Bertz CT molecular complexity index is 1120. The SMILES string of the molecule is CC(C)c1nc2c(s1)Nc1ccccc1N=C2N1CCNC(CCc2ccc(F)cc2)C1. The second-order valence-corrected chi connectivity index (χ2v) is 9.75. The number of piperazine rings is 1. The van der Waals surface area contributed by atoms with Crippen LogP contribution in [-0.2, 0) is 6.42 Å². The number of hydrogen-bond acceptors (Lipinski definition) is 6. The maximum Gasteiger partial charge on any atom is 0.158 e. The van der Waals surface area contributed by atoms with E-state index in [4.69, 9.17) is 9.98 Å². The second kappa shape index (κ2) is 9.00. The standard InChI is InChI=1S/C25H28FN5S/c1-16(2)24-30-22-23(28-20-5-3-4-6-21(20)29-25(22)32-24)31-14-13-27-19(15-31)12-9-17-7-10-18(26)11-8-17/h3-8,10-11,16,19,27,29H,9,12-15H2,1-2H3. The van der Waals surface area contributed by atoms with Gasteiger partial charge in [0.25, 0.3) is 0 Å². The number of halogens is 1. The van der Waals surface area contributed by atoms with Gasteiger partial charge in [0, 0.05) is 31.6 Å². The number of nitrogens with zero attached hydrogens (tertiary/aromatic N) is 3. The molecular weight excluding hydrogens is 421 g/mol. The summed E-state index contributed by atoms with van der Waals surface area (Å²) in [7, 11) is 0. The van der Waals surface area contributed by atoms with Crippen LogP contribution in [0, 0.1) is 5.82 Å². The monoisotopic (exact) mass is 449 g/mol. The van der Waals surface area contributed by atoms with Crippen LogP contribution in [-0.4, -0.2) is 41.4 Å². The highest BCUT2D eigenvalue weighted by atomic mass is 32.1. The average molecular weight is 450 g/mol. The van der Waals surface area contributed by atoms with Gasteiger partial charge in [-0.1, -0.05) is 38.1 Å². The maximum absolute atomic E-state index is 13.2. The van der Waals surface area contributed by atoms with Gasteiger partial charge >= 0.3 is 0 Å². The molecule has 2 N–H and O–H groups in total. The molecule has 1 atom stereocenters. The molecule has 2 aliphatic heterocycles. The second-order valence-electron chi connectivity index (χ2n) is 8.72. The number of aliphatic imine (C=N–C) groups is 1. The molecule has 1 unspecified atom stereocenters. The number of aryl methyl sites for hydroxylation is 1. The third-order valence-corrected chi connectivity index (χ3v) is 7.25. The van der Waals surface area contributed by atoms with Crippen molar-refractivity contribution in [2.45, 2.75) is 38.6 Å². The molecule has 7 heteroatoms. The molecule has 0 spiro atoms. The fourth-order valence-corrected chi connectivity index (χ4v) is 5.19. The molecule has 32 heavy (non-hydrogen) atoms. The Balaban J connectivity index is 1.40. The summed E-state index contributed by atoms with van der Waals surface area (Å²) >= 11 is 1.72. The molecule has 5 nitrogen and oxygen atoms in total. The molecule has 0 aliphatic carbocycles. The van der Waals surface area contributed by atoms with Crippen LogP contribution in [0.3, 0.4) is 0 Å². The summed E-state index contributed by atoms with van der Waals surface area (Å²) < 4.78 is 13.2. The normalized spacial score (nSPS) is 17.9. The molecule has 1 saturated heterocycles. The zero-order chi connectivity index (χ0) is 22.1. The number of fused-ring (bicyclic) bond motifs is 2. The van der Waals surface area contributed by atoms with Crippen molar-refractivity contribution in [1.29, 1.82) is 0 Å². The van der Waals surface area contributed by atoms with Crippen molar-refractivity contribution >= 4 is 33.5 Å². The summed E-state index contributed by atoms with van der Waals surface area (Å²) in [5.74, 6) is 1.14. The minimum absolute atomic E-state index is 0.184. The molecule has 0 bridgehead atoms. The van der Waals surface area contributed by atoms with Crippen LogP contribution in [0.1, 0.15) is 42.5 Å². The van der Waals surface area contributed by atoms with E-state index in [-0.39, 0.29) is 5.82 Å². The lowest BCUT2D eigenvalue weighted by atomic mass is 10.0. The highest BCUT2D eigenvalue weighted by Crippen LogP contribution is 2.39. The van der Waals surface area contributed by atoms with Gasteiger partial charge in [-0.15, -0.1) is 11.3 Å². The first-order valence-electron chi connectivity index (χ1n) is 11.3. The molecule has 3 aromatic rings. The number of hydrogen-bond donors (Lipinski definition) is 2. The molecule has 1 fully saturated rings. The molecule has 5 rings (SSSR count). The zero-order valence-electron chi connectivity index (χ0n) is 18.4. The third kappa shape index (κ3) is 4.40. The molecule has 2 aromatic carbocycles. The maximum atomic E-state index is 13.2. The summed E-state index contributed by atoms with van der Waals surface area (Å²) in [6.07, 6.45) is 1.91. The van der Waals surface area contributed by atoms with E-state index < -0.39 is 0 Å². The number of aromatic nitrogens is 1. The van der Waals surface area contributed by atoms with Crippen LogP contribution in [0.25, 0.3) is 0 Å². The molecule has 0 radical (unpaired) electrons. The molecule has 0 amide bonds. The Morgan fingerprint density at radius 1 is 1.16 bits per heavy atom. The number of para-hydroxylation sites is 2. The molecule has 0 saturated carbocycles. The van der Waals surface area contributed by atoms with Crippen LogP contribution >= 0.6 is 11.3 Å². The highest BCUT2D eigenvalue weighted by molar-refractivity contribution is 7.16. The van der Waals surface area contributed by atoms with Crippen molar-refractivity contribution in [1.82, 2.24) is 15.2 Å². The van der Waals surface area contributed by atoms with Crippen molar-refractivity contribution in [2.24, 2.45) is 4.99 Å². The van der Waals surface area contributed by atoms with Gasteiger partial charge in [0.05, 0.1) is 16.4 Å². The third-order valence-electron chi connectivity index (χ3n) is 5.98. The summed E-state index contributed by atoms with van der Waals surface area (Å²) in [5, 5.41) is 9.42. The Labute approximate surface area is 192 Å². The van der Waals surface area contributed by atoms with E-state index in [1.807, 2.05) is 24.3 Å². The van der Waals surface area contributed by atoms with Gasteiger partial charge < -0.3 is 15.5 Å². The lowest BCUT2D eigenvalue weighted by Gasteiger charge is -2.35. The van der Waals surface area contributed by atoms with Gasteiger partial charge in [0.1, 0.15) is 16.5 Å². The number of rotatable bonds is 4. The van der Waals surface area contributed by atoms with Crippen LogP contribution in [0.5, 0.6) is 0 Å². The highest BCUT2D eigenvalue weighted by Gasteiger charge is 2.29. The van der Waals surface area contributed by atoms with Gasteiger partial charge in [0.2, 0.25) is 0 Å². The van der Waals surface area contributed by atoms with Gasteiger partial charge in [-0.2, -0.15) is 0 Å². The van der Waals surface area contributed by atoms with Crippen LogP contribution in [0.4, 0.5) is 20.8 Å². The van der Waals surface area contributed by atoms with E-state index in [0.717, 1.165) is 65.4 Å². The number of anilines is 2. The molecule has 1 aromatic heterocycles. The van der Waals surface area contributed by atoms with Crippen molar-refractivity contribution in [3.05, 3.63) is 70.6 Å². The first-order chi connectivity index (χ1) is 15.6. The molecule has 3 heterocycles. The van der Waals surface area contributed by atoms with Gasteiger partial charge in [-0.25, -0.2) is 14.4 Å². The van der Waals surface area contributed by atoms with Gasteiger partial charge in [-0.3, -0.25) is 0 Å². The average Bonchev–Trinajstić information content (AvgIpc) is 3.15. The first-order valence-corrected chi connectivity index (χ1v) is 12.1.